The first-order valence-electron chi connectivity index (χ1n) is 9.28. The molecule has 0 fully saturated rings. The summed E-state index contributed by atoms with van der Waals surface area (Å²) in [6, 6.07) is 20.4. The van der Waals surface area contributed by atoms with Crippen LogP contribution in [0, 0.1) is 5.82 Å². The van der Waals surface area contributed by atoms with Crippen molar-refractivity contribution in [1.29, 1.82) is 0 Å². The number of halogens is 1. The third-order valence-electron chi connectivity index (χ3n) is 6.08. The quantitative estimate of drug-likeness (QED) is 0.452. The molecular formula is C25H21F. The maximum Gasteiger partial charge on any atom is 0.123 e. The fourth-order valence-corrected chi connectivity index (χ4v) is 4.72. The lowest BCUT2D eigenvalue weighted by atomic mass is 9.78. The molecule has 0 nitrogen and oxygen atoms in total. The van der Waals surface area contributed by atoms with E-state index in [1.807, 2.05) is 6.07 Å². The van der Waals surface area contributed by atoms with Crippen LogP contribution >= 0.6 is 0 Å². The molecule has 3 aromatic carbocycles. The third-order valence-corrected chi connectivity index (χ3v) is 6.08. The van der Waals surface area contributed by atoms with Crippen LogP contribution in [0.5, 0.6) is 0 Å². The molecule has 5 rings (SSSR count). The molecule has 0 saturated carbocycles. The molecule has 0 N–H and O–H groups in total. The van der Waals surface area contributed by atoms with Crippen LogP contribution in [0.1, 0.15) is 43.4 Å². The van der Waals surface area contributed by atoms with Crippen LogP contribution in [0.4, 0.5) is 4.39 Å². The molecule has 0 spiro atoms. The van der Waals surface area contributed by atoms with Crippen molar-refractivity contribution >= 4 is 21.9 Å². The van der Waals surface area contributed by atoms with E-state index in [2.05, 4.69) is 62.4 Å². The number of benzene rings is 3. The van der Waals surface area contributed by atoms with Gasteiger partial charge in [0.2, 0.25) is 0 Å². The van der Waals surface area contributed by atoms with Crippen LogP contribution in [0.3, 0.4) is 0 Å². The highest BCUT2D eigenvalue weighted by Crippen LogP contribution is 2.52. The largest absolute Gasteiger partial charge is 0.207 e. The summed E-state index contributed by atoms with van der Waals surface area (Å²) >= 11 is 0. The second-order valence-corrected chi connectivity index (χ2v) is 7.90. The summed E-state index contributed by atoms with van der Waals surface area (Å²) in [5.74, 6) is -0.144. The molecule has 2 aliphatic rings. The van der Waals surface area contributed by atoms with Crippen molar-refractivity contribution in [2.75, 3.05) is 0 Å². The Labute approximate surface area is 153 Å². The Morgan fingerprint density at radius 3 is 2.54 bits per heavy atom. The Bertz CT molecular complexity index is 1110. The topological polar surface area (TPSA) is 0 Å². The minimum atomic E-state index is -0.150. The lowest BCUT2D eigenvalue weighted by Gasteiger charge is -2.26. The number of hydrogen-bond acceptors (Lipinski definition) is 0. The van der Waals surface area contributed by atoms with Gasteiger partial charge in [0.25, 0.3) is 0 Å². The molecule has 0 saturated heterocycles. The van der Waals surface area contributed by atoms with E-state index in [1.165, 1.54) is 38.6 Å². The smallest absolute Gasteiger partial charge is 0.123 e. The number of rotatable bonds is 1. The van der Waals surface area contributed by atoms with E-state index in [1.54, 1.807) is 12.1 Å². The summed E-state index contributed by atoms with van der Waals surface area (Å²) in [5.41, 5.74) is 7.68. The molecule has 0 atom stereocenters. The minimum Gasteiger partial charge on any atom is -0.207 e. The number of fused-ring (bicyclic) bond motifs is 3. The zero-order valence-electron chi connectivity index (χ0n) is 15.1. The van der Waals surface area contributed by atoms with Crippen LogP contribution < -0.4 is 0 Å². The molecule has 0 amide bonds. The van der Waals surface area contributed by atoms with Crippen molar-refractivity contribution in [3.8, 4) is 0 Å². The first kappa shape index (κ1) is 15.6. The van der Waals surface area contributed by atoms with Crippen molar-refractivity contribution < 1.29 is 4.39 Å². The lowest BCUT2D eigenvalue weighted by molar-refractivity contribution is 0.606. The Morgan fingerprint density at radius 1 is 0.846 bits per heavy atom. The average Bonchev–Trinajstić information content (AvgIpc) is 2.88. The van der Waals surface area contributed by atoms with Gasteiger partial charge in [-0.25, -0.2) is 4.39 Å². The lowest BCUT2D eigenvalue weighted by Crippen LogP contribution is -2.17. The molecular weight excluding hydrogens is 319 g/mol. The van der Waals surface area contributed by atoms with Gasteiger partial charge in [0, 0.05) is 5.41 Å². The van der Waals surface area contributed by atoms with Gasteiger partial charge in [-0.1, -0.05) is 68.5 Å². The Morgan fingerprint density at radius 2 is 1.65 bits per heavy atom. The third kappa shape index (κ3) is 2.13. The van der Waals surface area contributed by atoms with Gasteiger partial charge in [0.1, 0.15) is 5.82 Å². The van der Waals surface area contributed by atoms with Crippen molar-refractivity contribution in [2.24, 2.45) is 0 Å². The highest BCUT2D eigenvalue weighted by molar-refractivity contribution is 5.97. The van der Waals surface area contributed by atoms with Crippen LogP contribution in [-0.2, 0) is 5.41 Å². The standard InChI is InChI=1S/C25H21F/c1-25(2)23-14-17(20-9-5-7-16-6-3-4-8-19(16)20)10-12-21(23)22-13-11-18(26)15-24(22)25/h3-9,11,13-15H,10,12H2,1-2H3. The SMILES string of the molecule is CC1(C)C2=C(CCC(c3cccc4ccccc34)=C2)c2ccc(F)cc21. The molecule has 128 valence electrons. The van der Waals surface area contributed by atoms with Crippen molar-refractivity contribution in [3.63, 3.8) is 0 Å². The van der Waals surface area contributed by atoms with Gasteiger partial charge in [-0.05, 0) is 69.2 Å². The van der Waals surface area contributed by atoms with E-state index in [4.69, 9.17) is 0 Å². The van der Waals surface area contributed by atoms with Crippen molar-refractivity contribution in [2.45, 2.75) is 32.1 Å². The maximum absolute atomic E-state index is 13.9. The molecule has 0 unspecified atom stereocenters. The second kappa shape index (κ2) is 5.41. The minimum absolute atomic E-state index is 0.144. The van der Waals surface area contributed by atoms with Gasteiger partial charge in [-0.3, -0.25) is 0 Å². The van der Waals surface area contributed by atoms with Gasteiger partial charge in [0.05, 0.1) is 0 Å². The summed E-state index contributed by atoms with van der Waals surface area (Å²) in [6.45, 7) is 4.44. The highest BCUT2D eigenvalue weighted by Gasteiger charge is 2.38. The van der Waals surface area contributed by atoms with E-state index in [9.17, 15) is 4.39 Å². The number of allylic oxidation sites excluding steroid dienone is 4. The molecule has 0 radical (unpaired) electrons. The van der Waals surface area contributed by atoms with Gasteiger partial charge in [0.15, 0.2) is 0 Å². The van der Waals surface area contributed by atoms with Crippen LogP contribution in [0.25, 0.3) is 21.9 Å². The van der Waals surface area contributed by atoms with E-state index in [-0.39, 0.29) is 11.2 Å². The fourth-order valence-electron chi connectivity index (χ4n) is 4.72. The van der Waals surface area contributed by atoms with Crippen molar-refractivity contribution in [3.05, 3.63) is 94.8 Å². The molecule has 0 bridgehead atoms. The van der Waals surface area contributed by atoms with E-state index in [0.717, 1.165) is 18.4 Å². The van der Waals surface area contributed by atoms with Crippen LogP contribution in [0.2, 0.25) is 0 Å². The monoisotopic (exact) mass is 340 g/mol. The number of hydrogen-bond donors (Lipinski definition) is 0. The average molecular weight is 340 g/mol. The predicted octanol–water partition coefficient (Wildman–Crippen LogP) is 6.90. The highest BCUT2D eigenvalue weighted by atomic mass is 19.1. The van der Waals surface area contributed by atoms with Crippen molar-refractivity contribution in [1.82, 2.24) is 0 Å². The molecule has 0 aliphatic heterocycles. The van der Waals surface area contributed by atoms with E-state index >= 15 is 0 Å². The Hall–Kier alpha value is -2.67. The first-order valence-corrected chi connectivity index (χ1v) is 9.28. The summed E-state index contributed by atoms with van der Waals surface area (Å²) in [6.07, 6.45) is 4.42. The maximum atomic E-state index is 13.9. The van der Waals surface area contributed by atoms with Gasteiger partial charge in [-0.15, -0.1) is 0 Å². The molecule has 1 heteroatoms. The summed E-state index contributed by atoms with van der Waals surface area (Å²) < 4.78 is 13.9. The molecule has 26 heavy (non-hydrogen) atoms. The van der Waals surface area contributed by atoms with Crippen LogP contribution in [-0.4, -0.2) is 0 Å². The summed E-state index contributed by atoms with van der Waals surface area (Å²) in [7, 11) is 0. The van der Waals surface area contributed by atoms with Gasteiger partial charge in [-0.2, -0.15) is 0 Å². The summed E-state index contributed by atoms with van der Waals surface area (Å²) in [5, 5.41) is 2.59. The zero-order valence-corrected chi connectivity index (χ0v) is 15.1. The molecule has 3 aromatic rings. The van der Waals surface area contributed by atoms with Gasteiger partial charge < -0.3 is 0 Å². The fraction of sp³-hybridized carbons (Fsp3) is 0.200. The zero-order chi connectivity index (χ0) is 17.9. The Balaban J connectivity index is 1.69. The predicted molar refractivity (Wildman–Crippen MR) is 108 cm³/mol. The van der Waals surface area contributed by atoms with E-state index in [0.29, 0.717) is 0 Å². The van der Waals surface area contributed by atoms with Crippen LogP contribution in [0.15, 0.2) is 72.3 Å². The normalized spacial score (nSPS) is 17.9. The van der Waals surface area contributed by atoms with Gasteiger partial charge >= 0.3 is 0 Å². The first-order chi connectivity index (χ1) is 12.6. The molecule has 2 aliphatic carbocycles. The van der Waals surface area contributed by atoms with E-state index < -0.39 is 0 Å². The molecule has 0 aromatic heterocycles. The molecule has 0 heterocycles. The second-order valence-electron chi connectivity index (χ2n) is 7.90. The Kier molecular flexibility index (Phi) is 3.24. The summed E-state index contributed by atoms with van der Waals surface area (Å²) in [4.78, 5) is 0.